The monoisotopic (exact) mass is 73.0 g/mol. The first-order valence-corrected chi connectivity index (χ1v) is 1.30. The summed E-state index contributed by atoms with van der Waals surface area (Å²) in [4.78, 5) is 13.6. The first-order valence-electron chi connectivity index (χ1n) is 1.30. The highest BCUT2D eigenvalue weighted by Gasteiger charge is 2.19. The fourth-order valence-electron chi connectivity index (χ4n) is 0.0948. The van der Waals surface area contributed by atoms with Crippen LogP contribution in [0.2, 0.25) is 0 Å². The summed E-state index contributed by atoms with van der Waals surface area (Å²) >= 11 is 0. The van der Waals surface area contributed by atoms with Crippen molar-refractivity contribution in [1.29, 1.82) is 0 Å². The van der Waals surface area contributed by atoms with Crippen LogP contribution in [0.3, 0.4) is 0 Å². The fourth-order valence-corrected chi connectivity index (χ4v) is 0.0948. The normalized spacial score (nSPS) is 33.2. The van der Waals surface area contributed by atoms with Crippen LogP contribution >= 0.6 is 0 Å². The molecule has 3 heteroatoms. The lowest BCUT2D eigenvalue weighted by molar-refractivity contribution is -0.108. The minimum absolute atomic E-state index is 0.296. The molecule has 0 aromatic rings. The van der Waals surface area contributed by atoms with Crippen LogP contribution in [-0.2, 0) is 9.63 Å². The van der Waals surface area contributed by atoms with Crippen LogP contribution in [0, 0.1) is 0 Å². The van der Waals surface area contributed by atoms with Gasteiger partial charge in [-0.3, -0.25) is 9.63 Å². The van der Waals surface area contributed by atoms with Crippen LogP contribution in [0.25, 0.3) is 0 Å². The Morgan fingerprint density at radius 3 is 2.60 bits per heavy atom. The van der Waals surface area contributed by atoms with Crippen molar-refractivity contribution in [2.75, 3.05) is 0 Å². The summed E-state index contributed by atoms with van der Waals surface area (Å²) in [6.07, 6.45) is 0.398. The lowest BCUT2D eigenvalue weighted by Gasteiger charge is -1.49. The summed E-state index contributed by atoms with van der Waals surface area (Å²) < 4.78 is 0. The molecule has 0 bridgehead atoms. The molecule has 1 atom stereocenters. The highest BCUT2D eigenvalue weighted by molar-refractivity contribution is 5.57. The van der Waals surface area contributed by atoms with Gasteiger partial charge in [0.05, 0.1) is 0 Å². The smallest absolute Gasteiger partial charge is 0.206 e. The van der Waals surface area contributed by atoms with Crippen LogP contribution in [0.4, 0.5) is 0 Å². The Kier molecular flexibility index (Phi) is 0.433. The third-order valence-corrected chi connectivity index (χ3v) is 0.378. The van der Waals surface area contributed by atoms with Gasteiger partial charge in [0.25, 0.3) is 0 Å². The summed E-state index contributed by atoms with van der Waals surface area (Å²) in [6.45, 7) is 0. The van der Waals surface area contributed by atoms with Crippen molar-refractivity contribution in [3.63, 3.8) is 0 Å². The second kappa shape index (κ2) is 0.771. The van der Waals surface area contributed by atoms with E-state index in [-0.39, 0.29) is 6.23 Å². The van der Waals surface area contributed by atoms with Gasteiger partial charge in [0, 0.05) is 0 Å². The predicted octanol–water partition coefficient (Wildman–Crippen LogP) is -0.954. The van der Waals surface area contributed by atoms with E-state index in [1.54, 1.807) is 0 Å². The fraction of sp³-hybridized carbons (Fsp3) is 0.500. The van der Waals surface area contributed by atoms with Gasteiger partial charge in [-0.2, -0.15) is 5.48 Å². The zero-order valence-electron chi connectivity index (χ0n) is 2.47. The lowest BCUT2D eigenvalue weighted by Crippen LogP contribution is -1.86. The van der Waals surface area contributed by atoms with E-state index >= 15 is 0 Å². The van der Waals surface area contributed by atoms with Crippen molar-refractivity contribution in [1.82, 2.24) is 5.48 Å². The quantitative estimate of drug-likeness (QED) is 0.321. The Morgan fingerprint density at radius 1 is 2.00 bits per heavy atom. The number of rotatable bonds is 1. The van der Waals surface area contributed by atoms with Crippen molar-refractivity contribution in [2.45, 2.75) is 6.23 Å². The van der Waals surface area contributed by atoms with Gasteiger partial charge in [0.1, 0.15) is 0 Å². The molecular weight excluding hydrogens is 70.0 g/mol. The van der Waals surface area contributed by atoms with Gasteiger partial charge >= 0.3 is 0 Å². The number of carbonyl (C=O) groups excluding carboxylic acids is 1. The molecule has 3 nitrogen and oxygen atoms in total. The molecule has 5 heavy (non-hydrogen) atoms. The minimum Gasteiger partial charge on any atom is -0.299 e. The maximum atomic E-state index is 9.38. The Bertz CT molecular complexity index is 49.6. The van der Waals surface area contributed by atoms with Gasteiger partial charge in [0.15, 0.2) is 6.29 Å². The number of nitrogens with one attached hydrogen (secondary N) is 1. The largest absolute Gasteiger partial charge is 0.299 e. The van der Waals surface area contributed by atoms with Crippen LogP contribution in [-0.4, -0.2) is 12.5 Å². The Balaban J connectivity index is 2.21. The predicted molar refractivity (Wildman–Crippen MR) is 14.1 cm³/mol. The van der Waals surface area contributed by atoms with Gasteiger partial charge in [-0.1, -0.05) is 0 Å². The van der Waals surface area contributed by atoms with Gasteiger partial charge in [-0.15, -0.1) is 0 Å². The molecule has 0 amide bonds. The average molecular weight is 73.1 g/mol. The summed E-state index contributed by atoms with van der Waals surface area (Å²) in [5, 5.41) is 0. The van der Waals surface area contributed by atoms with Crippen molar-refractivity contribution in [3.8, 4) is 0 Å². The van der Waals surface area contributed by atoms with Crippen LogP contribution < -0.4 is 5.48 Å². The van der Waals surface area contributed by atoms with Gasteiger partial charge < -0.3 is 0 Å². The number of hydroxylamine groups is 1. The maximum absolute atomic E-state index is 9.38. The van der Waals surface area contributed by atoms with E-state index in [4.69, 9.17) is 0 Å². The second-order valence-corrected chi connectivity index (χ2v) is 0.792. The molecule has 0 radical (unpaired) electrons. The van der Waals surface area contributed by atoms with Crippen molar-refractivity contribution in [3.05, 3.63) is 0 Å². The topological polar surface area (TPSA) is 51.5 Å². The molecule has 0 aromatic carbocycles. The first kappa shape index (κ1) is 2.81. The van der Waals surface area contributed by atoms with E-state index in [0.29, 0.717) is 6.29 Å². The third-order valence-electron chi connectivity index (χ3n) is 0.378. The Labute approximate surface area is 28.9 Å². The highest BCUT2D eigenvalue weighted by atomic mass is 16.8. The Hall–Kier alpha value is -0.410. The van der Waals surface area contributed by atoms with Crippen molar-refractivity contribution < 1.29 is 9.63 Å². The van der Waals surface area contributed by atoms with E-state index in [9.17, 15) is 4.79 Å². The van der Waals surface area contributed by atoms with Gasteiger partial charge in [-0.05, 0) is 0 Å². The molecule has 0 saturated carbocycles. The first-order chi connectivity index (χ1) is 2.43. The van der Waals surface area contributed by atoms with Gasteiger partial charge in [-0.25, -0.2) is 0 Å². The molecular formula is C2H3NO2. The molecule has 1 aliphatic rings. The number of aldehydes is 1. The average Bonchev–Trinajstić information content (AvgIpc) is 2.12. The molecule has 1 rings (SSSR count). The summed E-state index contributed by atoms with van der Waals surface area (Å²) in [6, 6.07) is 0. The number of hydrogen-bond acceptors (Lipinski definition) is 3. The maximum Gasteiger partial charge on any atom is 0.206 e. The molecule has 0 spiro atoms. The van der Waals surface area contributed by atoms with Gasteiger partial charge in [0.2, 0.25) is 6.23 Å². The number of hydrogen-bond donors (Lipinski definition) is 1. The van der Waals surface area contributed by atoms with Crippen molar-refractivity contribution in [2.24, 2.45) is 0 Å². The molecule has 0 aromatic heterocycles. The minimum atomic E-state index is -0.296. The molecule has 1 heterocycles. The summed E-state index contributed by atoms with van der Waals surface area (Å²) in [5.41, 5.74) is 2.32. The second-order valence-electron chi connectivity index (χ2n) is 0.792. The van der Waals surface area contributed by atoms with Crippen molar-refractivity contribution >= 4 is 6.29 Å². The van der Waals surface area contributed by atoms with E-state index in [1.807, 2.05) is 0 Å². The standard InChI is InChI=1S/C2H3NO2/c4-1-2-3-5-2/h1-3H. The summed E-state index contributed by atoms with van der Waals surface area (Å²) in [5.74, 6) is 0. The Morgan fingerprint density at radius 2 is 2.60 bits per heavy atom. The van der Waals surface area contributed by atoms with E-state index in [1.165, 1.54) is 0 Å². The molecule has 1 saturated heterocycles. The SMILES string of the molecule is O=CC1NO1. The third kappa shape index (κ3) is 0.431. The molecule has 1 aliphatic heterocycles. The van der Waals surface area contributed by atoms with Crippen LogP contribution in [0.15, 0.2) is 0 Å². The molecule has 1 fully saturated rings. The van der Waals surface area contributed by atoms with E-state index < -0.39 is 0 Å². The van der Waals surface area contributed by atoms with E-state index in [2.05, 4.69) is 10.3 Å². The number of carbonyl (C=O) groups is 1. The zero-order chi connectivity index (χ0) is 3.70. The highest BCUT2D eigenvalue weighted by Crippen LogP contribution is 1.90. The molecule has 1 unspecified atom stereocenters. The molecule has 0 aliphatic carbocycles. The zero-order valence-corrected chi connectivity index (χ0v) is 2.47. The lowest BCUT2D eigenvalue weighted by atomic mass is 10.7. The summed E-state index contributed by atoms with van der Waals surface area (Å²) in [7, 11) is 0. The van der Waals surface area contributed by atoms with Crippen LogP contribution in [0.5, 0.6) is 0 Å². The van der Waals surface area contributed by atoms with E-state index in [0.717, 1.165) is 0 Å². The molecule has 1 N–H and O–H groups in total. The molecule has 28 valence electrons. The van der Waals surface area contributed by atoms with Crippen LogP contribution in [0.1, 0.15) is 0 Å².